The molecular weight excluding hydrogens is 492 g/mol. The summed E-state index contributed by atoms with van der Waals surface area (Å²) in [7, 11) is 0. The first kappa shape index (κ1) is 22.6. The summed E-state index contributed by atoms with van der Waals surface area (Å²) in [6.07, 6.45) is 7.31. The summed E-state index contributed by atoms with van der Waals surface area (Å²) in [6.45, 7) is 4.36. The number of aromatic nitrogens is 6. The number of aryl methyl sites for hydroxylation is 2. The van der Waals surface area contributed by atoms with Crippen molar-refractivity contribution in [1.29, 1.82) is 0 Å². The largest absolute Gasteiger partial charge is 0.306 e. The SMILES string of the molecule is Cc1cc(-n2c3cccnc3c3ncccc32)ccc1-c1ccc(-n2c3cccnc3c3ncccc32)cc1C. The molecule has 0 aliphatic carbocycles. The van der Waals surface area contributed by atoms with Crippen LogP contribution in [0.1, 0.15) is 11.1 Å². The minimum Gasteiger partial charge on any atom is -0.306 e. The molecule has 6 aromatic heterocycles. The highest BCUT2D eigenvalue weighted by molar-refractivity contribution is 6.05. The predicted octanol–water partition coefficient (Wildman–Crippen LogP) is 7.74. The normalized spacial score (nSPS) is 11.8. The molecule has 0 aliphatic rings. The number of benzene rings is 2. The third kappa shape index (κ3) is 3.23. The Hall–Kier alpha value is -5.36. The Labute approximate surface area is 230 Å². The summed E-state index contributed by atoms with van der Waals surface area (Å²) in [5.41, 5.74) is 14.9. The third-order valence-corrected chi connectivity index (χ3v) is 7.78. The van der Waals surface area contributed by atoms with E-state index in [1.807, 2.05) is 49.1 Å². The van der Waals surface area contributed by atoms with Crippen LogP contribution in [-0.4, -0.2) is 29.1 Å². The Morgan fingerprint density at radius 2 is 0.750 bits per heavy atom. The first-order valence-electron chi connectivity index (χ1n) is 13.3. The van der Waals surface area contributed by atoms with Crippen LogP contribution in [-0.2, 0) is 0 Å². The number of hydrogen-bond donors (Lipinski definition) is 0. The van der Waals surface area contributed by atoms with Crippen LogP contribution >= 0.6 is 0 Å². The van der Waals surface area contributed by atoms with Crippen molar-refractivity contribution in [2.45, 2.75) is 13.8 Å². The standard InChI is InChI=1S/C34H24N6/c1-21-19-23(39-27-7-3-15-35-31(27)32-28(39)8-4-16-36-32)11-13-25(21)26-14-12-24(20-22(26)2)40-29-9-5-17-37-33(29)34-30(40)10-6-18-38-34/h3-20H,1-2H3. The van der Waals surface area contributed by atoms with Gasteiger partial charge in [-0.3, -0.25) is 19.9 Å². The molecule has 6 heteroatoms. The van der Waals surface area contributed by atoms with E-state index in [0.29, 0.717) is 0 Å². The summed E-state index contributed by atoms with van der Waals surface area (Å²) in [4.78, 5) is 18.5. The molecule has 0 bridgehead atoms. The molecule has 190 valence electrons. The average Bonchev–Trinajstić information content (AvgIpc) is 3.51. The Kier molecular flexibility index (Phi) is 4.85. The molecule has 0 aliphatic heterocycles. The van der Waals surface area contributed by atoms with E-state index in [1.165, 1.54) is 22.3 Å². The maximum Gasteiger partial charge on any atom is 0.115 e. The van der Waals surface area contributed by atoms with Gasteiger partial charge in [0.15, 0.2) is 0 Å². The van der Waals surface area contributed by atoms with E-state index >= 15 is 0 Å². The molecule has 0 atom stereocenters. The zero-order valence-electron chi connectivity index (χ0n) is 22.1. The number of nitrogens with zero attached hydrogens (tertiary/aromatic N) is 6. The van der Waals surface area contributed by atoms with E-state index in [-0.39, 0.29) is 0 Å². The molecule has 8 aromatic rings. The maximum atomic E-state index is 4.63. The second-order valence-electron chi connectivity index (χ2n) is 10.2. The summed E-state index contributed by atoms with van der Waals surface area (Å²) in [5.74, 6) is 0. The summed E-state index contributed by atoms with van der Waals surface area (Å²) in [5, 5.41) is 0. The maximum absolute atomic E-state index is 4.63. The van der Waals surface area contributed by atoms with Crippen LogP contribution in [0.4, 0.5) is 0 Å². The van der Waals surface area contributed by atoms with Gasteiger partial charge in [-0.1, -0.05) is 12.1 Å². The van der Waals surface area contributed by atoms with E-state index in [9.17, 15) is 0 Å². The highest BCUT2D eigenvalue weighted by atomic mass is 15.0. The van der Waals surface area contributed by atoms with Gasteiger partial charge in [-0.2, -0.15) is 0 Å². The zero-order chi connectivity index (χ0) is 26.8. The fourth-order valence-corrected chi connectivity index (χ4v) is 6.03. The van der Waals surface area contributed by atoms with Crippen LogP contribution in [0.15, 0.2) is 110 Å². The molecule has 2 aromatic carbocycles. The van der Waals surface area contributed by atoms with Gasteiger partial charge in [0.2, 0.25) is 0 Å². The molecule has 0 unspecified atom stereocenters. The molecule has 0 fully saturated rings. The van der Waals surface area contributed by atoms with Crippen LogP contribution in [0.2, 0.25) is 0 Å². The van der Waals surface area contributed by atoms with Crippen molar-refractivity contribution in [2.24, 2.45) is 0 Å². The van der Waals surface area contributed by atoms with Gasteiger partial charge in [0.25, 0.3) is 0 Å². The lowest BCUT2D eigenvalue weighted by atomic mass is 9.95. The first-order valence-corrected chi connectivity index (χ1v) is 13.3. The van der Waals surface area contributed by atoms with Crippen molar-refractivity contribution in [3.05, 3.63) is 121 Å². The highest BCUT2D eigenvalue weighted by Gasteiger charge is 2.17. The quantitative estimate of drug-likeness (QED) is 0.241. The van der Waals surface area contributed by atoms with Gasteiger partial charge in [-0.25, -0.2) is 0 Å². The second-order valence-corrected chi connectivity index (χ2v) is 10.2. The molecule has 0 radical (unpaired) electrons. The Morgan fingerprint density at radius 1 is 0.425 bits per heavy atom. The molecule has 0 spiro atoms. The van der Waals surface area contributed by atoms with Crippen molar-refractivity contribution in [2.75, 3.05) is 0 Å². The van der Waals surface area contributed by atoms with Gasteiger partial charge in [0.05, 0.1) is 22.1 Å². The lowest BCUT2D eigenvalue weighted by Gasteiger charge is -2.15. The fourth-order valence-electron chi connectivity index (χ4n) is 6.03. The number of rotatable bonds is 3. The molecular formula is C34H24N6. The van der Waals surface area contributed by atoms with Gasteiger partial charge >= 0.3 is 0 Å². The van der Waals surface area contributed by atoms with E-state index in [0.717, 1.165) is 55.5 Å². The van der Waals surface area contributed by atoms with Gasteiger partial charge in [0.1, 0.15) is 22.1 Å². The lowest BCUT2D eigenvalue weighted by molar-refractivity contribution is 1.16. The van der Waals surface area contributed by atoms with Crippen LogP contribution in [0.5, 0.6) is 0 Å². The minimum absolute atomic E-state index is 0.918. The van der Waals surface area contributed by atoms with Crippen molar-refractivity contribution in [3.63, 3.8) is 0 Å². The minimum atomic E-state index is 0.918. The zero-order valence-corrected chi connectivity index (χ0v) is 22.1. The Bertz CT molecular complexity index is 1990. The van der Waals surface area contributed by atoms with Crippen LogP contribution < -0.4 is 0 Å². The third-order valence-electron chi connectivity index (χ3n) is 7.78. The van der Waals surface area contributed by atoms with Gasteiger partial charge in [0, 0.05) is 36.2 Å². The number of hydrogen-bond acceptors (Lipinski definition) is 4. The topological polar surface area (TPSA) is 61.4 Å². The summed E-state index contributed by atoms with van der Waals surface area (Å²) >= 11 is 0. The highest BCUT2D eigenvalue weighted by Crippen LogP contribution is 2.35. The van der Waals surface area contributed by atoms with Gasteiger partial charge < -0.3 is 9.13 Å². The van der Waals surface area contributed by atoms with Crippen molar-refractivity contribution in [1.82, 2.24) is 29.1 Å². The summed E-state index contributed by atoms with van der Waals surface area (Å²) < 4.78 is 4.50. The first-order chi connectivity index (χ1) is 19.7. The van der Waals surface area contributed by atoms with E-state index < -0.39 is 0 Å². The molecule has 40 heavy (non-hydrogen) atoms. The van der Waals surface area contributed by atoms with Gasteiger partial charge in [-0.15, -0.1) is 0 Å². The Morgan fingerprint density at radius 3 is 1.05 bits per heavy atom. The molecule has 0 N–H and O–H groups in total. The van der Waals surface area contributed by atoms with Crippen LogP contribution in [0.25, 0.3) is 66.6 Å². The van der Waals surface area contributed by atoms with Gasteiger partial charge in [-0.05, 0) is 109 Å². The average molecular weight is 517 g/mol. The van der Waals surface area contributed by atoms with Crippen molar-refractivity contribution >= 4 is 44.1 Å². The predicted molar refractivity (Wildman–Crippen MR) is 161 cm³/mol. The lowest BCUT2D eigenvalue weighted by Crippen LogP contribution is -1.98. The monoisotopic (exact) mass is 516 g/mol. The summed E-state index contributed by atoms with van der Waals surface area (Å²) in [6, 6.07) is 29.7. The second kappa shape index (κ2) is 8.58. The molecule has 0 amide bonds. The number of pyridine rings is 4. The smallest absolute Gasteiger partial charge is 0.115 e. The molecule has 6 heterocycles. The molecule has 8 rings (SSSR count). The van der Waals surface area contributed by atoms with Crippen LogP contribution in [0, 0.1) is 13.8 Å². The van der Waals surface area contributed by atoms with Crippen molar-refractivity contribution < 1.29 is 0 Å². The van der Waals surface area contributed by atoms with Crippen molar-refractivity contribution in [3.8, 4) is 22.5 Å². The number of fused-ring (bicyclic) bond motifs is 6. The fraction of sp³-hybridized carbons (Fsp3) is 0.0588. The van der Waals surface area contributed by atoms with Crippen LogP contribution in [0.3, 0.4) is 0 Å². The molecule has 6 nitrogen and oxygen atoms in total. The molecule has 0 saturated heterocycles. The van der Waals surface area contributed by atoms with E-state index in [2.05, 4.69) is 104 Å². The molecule has 0 saturated carbocycles. The van der Waals surface area contributed by atoms with E-state index in [1.54, 1.807) is 0 Å². The van der Waals surface area contributed by atoms with E-state index in [4.69, 9.17) is 0 Å². The Balaban J connectivity index is 1.25.